The van der Waals surface area contributed by atoms with E-state index in [-0.39, 0.29) is 0 Å². The summed E-state index contributed by atoms with van der Waals surface area (Å²) < 4.78 is 0. The van der Waals surface area contributed by atoms with Crippen LogP contribution >= 0.6 is 23.5 Å². The van der Waals surface area contributed by atoms with Crippen LogP contribution in [-0.4, -0.2) is 45.5 Å². The van der Waals surface area contributed by atoms with Gasteiger partial charge in [0.15, 0.2) is 10.3 Å². The highest BCUT2D eigenvalue weighted by molar-refractivity contribution is 7.98. The molecule has 0 fully saturated rings. The number of rotatable bonds is 7. The molecular formula is C14H20N6S2. The van der Waals surface area contributed by atoms with Gasteiger partial charge in [-0.2, -0.15) is 0 Å². The van der Waals surface area contributed by atoms with E-state index in [2.05, 4.69) is 30.6 Å². The molecule has 2 N–H and O–H groups in total. The Morgan fingerprint density at radius 2 is 1.18 bits per heavy atom. The van der Waals surface area contributed by atoms with Crippen LogP contribution < -0.4 is 10.6 Å². The first-order valence-corrected chi connectivity index (χ1v) is 9.32. The van der Waals surface area contributed by atoms with E-state index in [9.17, 15) is 0 Å². The summed E-state index contributed by atoms with van der Waals surface area (Å²) in [6, 6.07) is 3.89. The first-order valence-electron chi connectivity index (χ1n) is 6.88. The normalized spacial score (nSPS) is 10.5. The molecule has 0 radical (unpaired) electrons. The molecule has 0 aliphatic carbocycles. The zero-order valence-electron chi connectivity index (χ0n) is 13.2. The van der Waals surface area contributed by atoms with Crippen molar-refractivity contribution in [2.75, 3.05) is 36.2 Å². The van der Waals surface area contributed by atoms with Crippen LogP contribution in [0.15, 0.2) is 22.4 Å². The van der Waals surface area contributed by atoms with Gasteiger partial charge in [0, 0.05) is 36.6 Å². The molecule has 2 aromatic rings. The minimum Gasteiger partial charge on any atom is -0.368 e. The van der Waals surface area contributed by atoms with Crippen molar-refractivity contribution in [3.63, 3.8) is 0 Å². The van der Waals surface area contributed by atoms with Gasteiger partial charge in [0.1, 0.15) is 11.6 Å². The fourth-order valence-corrected chi connectivity index (χ4v) is 2.68. The lowest BCUT2D eigenvalue weighted by molar-refractivity contribution is 0.911. The second kappa shape index (κ2) is 8.19. The molecule has 0 aliphatic rings. The molecule has 0 saturated carbocycles. The molecule has 0 unspecified atom stereocenters. The average Bonchev–Trinajstić information content (AvgIpc) is 2.50. The maximum absolute atomic E-state index is 4.42. The number of nitrogens with one attached hydrogen (secondary N) is 2. The van der Waals surface area contributed by atoms with Crippen LogP contribution in [0.2, 0.25) is 0 Å². The maximum Gasteiger partial charge on any atom is 0.189 e. The van der Waals surface area contributed by atoms with Crippen LogP contribution in [0.1, 0.15) is 11.4 Å². The molecule has 0 saturated heterocycles. The third-order valence-electron chi connectivity index (χ3n) is 2.77. The first kappa shape index (κ1) is 16.8. The maximum atomic E-state index is 4.42. The molecule has 118 valence electrons. The fraction of sp³-hybridized carbons (Fsp3) is 0.429. The van der Waals surface area contributed by atoms with Crippen LogP contribution in [0.4, 0.5) is 11.6 Å². The lowest BCUT2D eigenvalue weighted by Crippen LogP contribution is -2.15. The van der Waals surface area contributed by atoms with E-state index in [0.29, 0.717) is 0 Å². The highest BCUT2D eigenvalue weighted by Gasteiger charge is 2.02. The number of nitrogens with zero attached hydrogens (tertiary/aromatic N) is 4. The largest absolute Gasteiger partial charge is 0.368 e. The van der Waals surface area contributed by atoms with Crippen molar-refractivity contribution in [1.82, 2.24) is 19.9 Å². The summed E-state index contributed by atoms with van der Waals surface area (Å²) in [5.41, 5.74) is 1.93. The van der Waals surface area contributed by atoms with E-state index in [4.69, 9.17) is 0 Å². The predicted molar refractivity (Wildman–Crippen MR) is 94.1 cm³/mol. The van der Waals surface area contributed by atoms with Crippen molar-refractivity contribution in [3.05, 3.63) is 23.5 Å². The summed E-state index contributed by atoms with van der Waals surface area (Å²) in [6.07, 6.45) is 3.95. The van der Waals surface area contributed by atoms with E-state index in [0.717, 1.165) is 46.4 Å². The minimum atomic E-state index is 0.752. The Hall–Kier alpha value is -1.54. The quantitative estimate of drug-likeness (QED) is 0.454. The summed E-state index contributed by atoms with van der Waals surface area (Å²) in [6.45, 7) is 5.45. The summed E-state index contributed by atoms with van der Waals surface area (Å²) in [5.74, 6) is 1.70. The Bertz CT molecular complexity index is 579. The molecule has 0 aliphatic heterocycles. The van der Waals surface area contributed by atoms with E-state index in [1.54, 1.807) is 23.5 Å². The molecule has 0 aromatic carbocycles. The summed E-state index contributed by atoms with van der Waals surface area (Å²) in [4.78, 5) is 17.5. The van der Waals surface area contributed by atoms with E-state index >= 15 is 0 Å². The van der Waals surface area contributed by atoms with Crippen LogP contribution in [-0.2, 0) is 0 Å². The number of hydrogen-bond donors (Lipinski definition) is 2. The van der Waals surface area contributed by atoms with Gasteiger partial charge in [-0.25, -0.2) is 19.9 Å². The lowest BCUT2D eigenvalue weighted by Gasteiger charge is -2.10. The lowest BCUT2D eigenvalue weighted by atomic mass is 10.4. The van der Waals surface area contributed by atoms with Crippen molar-refractivity contribution >= 4 is 35.2 Å². The summed E-state index contributed by atoms with van der Waals surface area (Å²) >= 11 is 3.08. The van der Waals surface area contributed by atoms with Crippen LogP contribution in [0.5, 0.6) is 0 Å². The third-order valence-corrected chi connectivity index (χ3v) is 3.87. The van der Waals surface area contributed by atoms with E-state index in [1.165, 1.54) is 0 Å². The van der Waals surface area contributed by atoms with Gasteiger partial charge in [0.05, 0.1) is 0 Å². The van der Waals surface area contributed by atoms with Crippen LogP contribution in [0, 0.1) is 13.8 Å². The summed E-state index contributed by atoms with van der Waals surface area (Å²) in [7, 11) is 0. The number of thioether (sulfide) groups is 2. The molecule has 0 atom stereocenters. The van der Waals surface area contributed by atoms with Gasteiger partial charge < -0.3 is 10.6 Å². The molecule has 6 nitrogen and oxygen atoms in total. The highest BCUT2D eigenvalue weighted by Crippen LogP contribution is 2.14. The Balaban J connectivity index is 1.87. The molecule has 0 amide bonds. The minimum absolute atomic E-state index is 0.752. The molecule has 0 spiro atoms. The molecule has 2 aromatic heterocycles. The second-order valence-electron chi connectivity index (χ2n) is 4.62. The predicted octanol–water partition coefficient (Wildman–Crippen LogP) is 2.85. The van der Waals surface area contributed by atoms with Crippen molar-refractivity contribution < 1.29 is 0 Å². The third kappa shape index (κ3) is 5.03. The van der Waals surface area contributed by atoms with Gasteiger partial charge in [0.2, 0.25) is 0 Å². The fourth-order valence-electron chi connectivity index (χ4n) is 1.83. The smallest absolute Gasteiger partial charge is 0.189 e. The second-order valence-corrected chi connectivity index (χ2v) is 6.16. The Labute approximate surface area is 139 Å². The Kier molecular flexibility index (Phi) is 6.26. The Morgan fingerprint density at radius 1 is 0.773 bits per heavy atom. The van der Waals surface area contributed by atoms with Gasteiger partial charge in [-0.3, -0.25) is 0 Å². The molecule has 0 bridgehead atoms. The molecular weight excluding hydrogens is 316 g/mol. The SMILES string of the molecule is CSc1nc(C)cc(NCCNc2cc(C)nc(SC)n2)n1. The van der Waals surface area contributed by atoms with Crippen LogP contribution in [0.3, 0.4) is 0 Å². The van der Waals surface area contributed by atoms with Gasteiger partial charge in [0.25, 0.3) is 0 Å². The molecule has 2 heterocycles. The Morgan fingerprint density at radius 3 is 1.55 bits per heavy atom. The number of hydrogen-bond acceptors (Lipinski definition) is 8. The highest BCUT2D eigenvalue weighted by atomic mass is 32.2. The first-order chi connectivity index (χ1) is 10.6. The van der Waals surface area contributed by atoms with Gasteiger partial charge in [-0.15, -0.1) is 0 Å². The van der Waals surface area contributed by atoms with Crippen molar-refractivity contribution in [2.24, 2.45) is 0 Å². The van der Waals surface area contributed by atoms with E-state index < -0.39 is 0 Å². The number of aryl methyl sites for hydroxylation is 2. The summed E-state index contributed by atoms with van der Waals surface area (Å²) in [5, 5.41) is 8.16. The number of aromatic nitrogens is 4. The molecule has 8 heteroatoms. The van der Waals surface area contributed by atoms with Crippen molar-refractivity contribution in [3.8, 4) is 0 Å². The standard InChI is InChI=1S/C14H20N6S2/c1-9-7-11(19-13(17-9)21-3)15-5-6-16-12-8-10(2)18-14(20-12)22-4/h7-8H,5-6H2,1-4H3,(H,15,17,19)(H,16,18,20). The molecule has 22 heavy (non-hydrogen) atoms. The monoisotopic (exact) mass is 336 g/mol. The zero-order chi connectivity index (χ0) is 15.9. The van der Waals surface area contributed by atoms with Crippen molar-refractivity contribution in [1.29, 1.82) is 0 Å². The van der Waals surface area contributed by atoms with Gasteiger partial charge >= 0.3 is 0 Å². The van der Waals surface area contributed by atoms with Crippen molar-refractivity contribution in [2.45, 2.75) is 24.2 Å². The average molecular weight is 336 g/mol. The number of anilines is 2. The van der Waals surface area contributed by atoms with Crippen LogP contribution in [0.25, 0.3) is 0 Å². The zero-order valence-corrected chi connectivity index (χ0v) is 14.8. The van der Waals surface area contributed by atoms with Gasteiger partial charge in [-0.05, 0) is 26.4 Å². The van der Waals surface area contributed by atoms with E-state index in [1.807, 2.05) is 38.5 Å². The topological polar surface area (TPSA) is 75.6 Å². The molecule has 2 rings (SSSR count). The van der Waals surface area contributed by atoms with Gasteiger partial charge in [-0.1, -0.05) is 23.5 Å².